The fourth-order valence-electron chi connectivity index (χ4n) is 5.26. The first-order valence-corrected chi connectivity index (χ1v) is 11.3. The van der Waals surface area contributed by atoms with Crippen LogP contribution in [-0.2, 0) is 17.4 Å². The first-order valence-electron chi connectivity index (χ1n) is 11.0. The molecular formula is C26H26ClF3O3. The molecule has 2 aliphatic carbocycles. The lowest BCUT2D eigenvalue weighted by molar-refractivity contribution is -0.137. The first-order chi connectivity index (χ1) is 15.3. The Labute approximate surface area is 196 Å². The number of allylic oxidation sites excluding steroid dienone is 2. The zero-order valence-corrected chi connectivity index (χ0v) is 19.7. The quantitative estimate of drug-likeness (QED) is 0.484. The molecule has 1 unspecified atom stereocenters. The van der Waals surface area contributed by atoms with Crippen molar-refractivity contribution in [1.29, 1.82) is 0 Å². The van der Waals surface area contributed by atoms with Gasteiger partial charge in [0.2, 0.25) is 0 Å². The van der Waals surface area contributed by atoms with Gasteiger partial charge in [0.25, 0.3) is 0 Å². The van der Waals surface area contributed by atoms with Crippen molar-refractivity contribution in [2.75, 3.05) is 0 Å². The lowest BCUT2D eigenvalue weighted by atomic mass is 9.58. The number of hydrogen-bond acceptors (Lipinski definition) is 3. The molecule has 1 fully saturated rings. The molecule has 0 aliphatic heterocycles. The van der Waals surface area contributed by atoms with Gasteiger partial charge in [0.05, 0.1) is 16.2 Å². The van der Waals surface area contributed by atoms with Gasteiger partial charge in [0, 0.05) is 11.3 Å². The van der Waals surface area contributed by atoms with E-state index in [1.54, 1.807) is 18.2 Å². The van der Waals surface area contributed by atoms with Crippen molar-refractivity contribution in [2.24, 2.45) is 16.7 Å². The van der Waals surface area contributed by atoms with E-state index in [9.17, 15) is 23.1 Å². The minimum absolute atomic E-state index is 0.0706. The highest BCUT2D eigenvalue weighted by molar-refractivity contribution is 6.32. The number of aliphatic hydroxyl groups is 1. The number of aliphatic hydroxyl groups excluding tert-OH is 1. The molecule has 2 aromatic rings. The van der Waals surface area contributed by atoms with Crippen LogP contribution in [0.25, 0.3) is 5.57 Å². The van der Waals surface area contributed by atoms with Gasteiger partial charge in [-0.25, -0.2) is 0 Å². The summed E-state index contributed by atoms with van der Waals surface area (Å²) in [6.07, 6.45) is -2.43. The third-order valence-electron chi connectivity index (χ3n) is 7.77. The molecule has 0 radical (unpaired) electrons. The van der Waals surface area contributed by atoms with Crippen molar-refractivity contribution in [2.45, 2.75) is 53.1 Å². The predicted molar refractivity (Wildman–Crippen MR) is 122 cm³/mol. The second kappa shape index (κ2) is 7.79. The van der Waals surface area contributed by atoms with Gasteiger partial charge in [0.15, 0.2) is 5.78 Å². The molecule has 4 rings (SSSR count). The molecule has 1 N–H and O–H groups in total. The maximum atomic E-state index is 13.5. The standard InChI is InChI=1S/C26H26ClF3O3/c1-5-14-6-8-16(33-20-9-7-15(12-19(20)27)26(28,29)30)13-17(14)21-22(31)18-10-11-25(4,23(21)32)24(18,2)3/h6-9,12-13,18,32H,5,10-11H2,1-4H3/t18-,25?/m0/s1. The van der Waals surface area contributed by atoms with Crippen LogP contribution in [0.3, 0.4) is 0 Å². The molecule has 2 aromatic carbocycles. The highest BCUT2D eigenvalue weighted by Crippen LogP contribution is 2.64. The Morgan fingerprint density at radius 2 is 1.85 bits per heavy atom. The Hall–Kier alpha value is -2.47. The van der Waals surface area contributed by atoms with E-state index in [1.807, 2.05) is 27.7 Å². The molecule has 0 aromatic heterocycles. The SMILES string of the molecule is CCc1ccc(Oc2ccc(C(F)(F)F)cc2Cl)cc1C1=C(O)C2(C)CC[C@@H](C1=O)C2(C)C. The molecule has 33 heavy (non-hydrogen) atoms. The minimum atomic E-state index is -4.51. The number of carbonyl (C=O) groups is 1. The molecular weight excluding hydrogens is 453 g/mol. The summed E-state index contributed by atoms with van der Waals surface area (Å²) in [7, 11) is 0. The molecule has 0 heterocycles. The normalized spacial score (nSPS) is 24.4. The molecule has 7 heteroatoms. The molecule has 2 aliphatic rings. The summed E-state index contributed by atoms with van der Waals surface area (Å²) in [5, 5.41) is 11.1. The number of Topliss-reactive ketones (excluding diaryl/α,β-unsaturated/α-hetero) is 1. The number of alkyl halides is 3. The van der Waals surface area contributed by atoms with Crippen LogP contribution in [0.5, 0.6) is 11.5 Å². The number of benzene rings is 2. The number of halogens is 4. The van der Waals surface area contributed by atoms with Gasteiger partial charge in [-0.3, -0.25) is 4.79 Å². The van der Waals surface area contributed by atoms with Crippen molar-refractivity contribution in [3.63, 3.8) is 0 Å². The molecule has 2 bridgehead atoms. The Balaban J connectivity index is 1.77. The van der Waals surface area contributed by atoms with Gasteiger partial charge < -0.3 is 9.84 Å². The fraction of sp³-hybridized carbons (Fsp3) is 0.423. The molecule has 0 spiro atoms. The molecule has 1 saturated carbocycles. The van der Waals surface area contributed by atoms with E-state index in [2.05, 4.69) is 0 Å². The Kier molecular flexibility index (Phi) is 5.59. The van der Waals surface area contributed by atoms with Crippen LogP contribution in [0.15, 0.2) is 42.2 Å². The molecule has 0 amide bonds. The number of carbonyl (C=O) groups excluding carboxylic acids is 1. The van der Waals surface area contributed by atoms with Crippen LogP contribution in [0.2, 0.25) is 5.02 Å². The second-order valence-corrected chi connectivity index (χ2v) is 10.1. The Bertz CT molecular complexity index is 1170. The summed E-state index contributed by atoms with van der Waals surface area (Å²) in [5.74, 6) is 0.227. The third-order valence-corrected chi connectivity index (χ3v) is 8.06. The van der Waals surface area contributed by atoms with Gasteiger partial charge in [-0.05, 0) is 66.1 Å². The predicted octanol–water partition coefficient (Wildman–Crippen LogP) is 8.01. The van der Waals surface area contributed by atoms with Crippen molar-refractivity contribution in [1.82, 2.24) is 0 Å². The number of aryl methyl sites for hydroxylation is 1. The number of ether oxygens (including phenoxy) is 1. The third kappa shape index (κ3) is 3.63. The lowest BCUT2D eigenvalue weighted by Crippen LogP contribution is -2.43. The van der Waals surface area contributed by atoms with Crippen molar-refractivity contribution >= 4 is 23.0 Å². The van der Waals surface area contributed by atoms with Crippen molar-refractivity contribution in [3.8, 4) is 11.5 Å². The van der Waals surface area contributed by atoms with Gasteiger partial charge in [-0.1, -0.05) is 45.4 Å². The number of fused-ring (bicyclic) bond motifs is 2. The first kappa shape index (κ1) is 23.7. The maximum absolute atomic E-state index is 13.5. The average molecular weight is 479 g/mol. The monoisotopic (exact) mass is 478 g/mol. The van der Waals surface area contributed by atoms with E-state index in [-0.39, 0.29) is 33.6 Å². The Morgan fingerprint density at radius 3 is 2.45 bits per heavy atom. The van der Waals surface area contributed by atoms with Crippen molar-refractivity contribution < 1.29 is 27.8 Å². The van der Waals surface area contributed by atoms with Gasteiger partial charge in [0.1, 0.15) is 17.3 Å². The summed E-state index contributed by atoms with van der Waals surface area (Å²) >= 11 is 6.05. The number of ketones is 1. The average Bonchev–Trinajstić information content (AvgIpc) is 2.92. The molecule has 0 saturated heterocycles. The zero-order valence-electron chi connectivity index (χ0n) is 18.9. The van der Waals surface area contributed by atoms with E-state index in [1.165, 1.54) is 6.07 Å². The largest absolute Gasteiger partial charge is 0.511 e. The summed E-state index contributed by atoms with van der Waals surface area (Å²) in [4.78, 5) is 13.5. The van der Waals surface area contributed by atoms with Crippen LogP contribution in [-0.4, -0.2) is 10.9 Å². The summed E-state index contributed by atoms with van der Waals surface area (Å²) in [6, 6.07) is 8.05. The van der Waals surface area contributed by atoms with Gasteiger partial charge in [-0.2, -0.15) is 13.2 Å². The number of rotatable bonds is 4. The van der Waals surface area contributed by atoms with Crippen LogP contribution < -0.4 is 4.74 Å². The molecule has 176 valence electrons. The lowest BCUT2D eigenvalue weighted by Gasteiger charge is -2.45. The summed E-state index contributed by atoms with van der Waals surface area (Å²) in [5.41, 5.74) is 0.0506. The van der Waals surface area contributed by atoms with E-state index in [0.717, 1.165) is 24.1 Å². The van der Waals surface area contributed by atoms with Crippen LogP contribution in [0, 0.1) is 16.7 Å². The summed E-state index contributed by atoms with van der Waals surface area (Å²) < 4.78 is 44.6. The molecule has 2 atom stereocenters. The van der Waals surface area contributed by atoms with Crippen molar-refractivity contribution in [3.05, 3.63) is 63.9 Å². The van der Waals surface area contributed by atoms with Crippen LogP contribution in [0.4, 0.5) is 13.2 Å². The minimum Gasteiger partial charge on any atom is -0.511 e. The smallest absolute Gasteiger partial charge is 0.416 e. The van der Waals surface area contributed by atoms with Crippen LogP contribution in [0.1, 0.15) is 57.2 Å². The molecule has 3 nitrogen and oxygen atoms in total. The highest BCUT2D eigenvalue weighted by atomic mass is 35.5. The highest BCUT2D eigenvalue weighted by Gasteiger charge is 2.61. The topological polar surface area (TPSA) is 46.5 Å². The van der Waals surface area contributed by atoms with Gasteiger partial charge in [-0.15, -0.1) is 0 Å². The van der Waals surface area contributed by atoms with E-state index in [0.29, 0.717) is 29.7 Å². The zero-order chi connectivity index (χ0) is 24.3. The maximum Gasteiger partial charge on any atom is 0.416 e. The number of hydrogen-bond donors (Lipinski definition) is 1. The fourth-order valence-corrected chi connectivity index (χ4v) is 5.48. The van der Waals surface area contributed by atoms with Crippen LogP contribution >= 0.6 is 11.6 Å². The second-order valence-electron chi connectivity index (χ2n) is 9.65. The Morgan fingerprint density at radius 1 is 1.15 bits per heavy atom. The summed E-state index contributed by atoms with van der Waals surface area (Å²) in [6.45, 7) is 8.02. The van der Waals surface area contributed by atoms with E-state index < -0.39 is 17.2 Å². The van der Waals surface area contributed by atoms with E-state index >= 15 is 0 Å². The van der Waals surface area contributed by atoms with E-state index in [4.69, 9.17) is 16.3 Å². The van der Waals surface area contributed by atoms with Gasteiger partial charge >= 0.3 is 6.18 Å².